The molecule has 0 saturated carbocycles. The first-order chi connectivity index (χ1) is 13.6. The third-order valence-electron chi connectivity index (χ3n) is 4.78. The lowest BCUT2D eigenvalue weighted by molar-refractivity contribution is 0.0704. The molecular weight excluding hydrogens is 361 g/mol. The van der Waals surface area contributed by atoms with Crippen molar-refractivity contribution in [1.82, 2.24) is 24.6 Å². The Balaban J connectivity index is 1.55. The van der Waals surface area contributed by atoms with Gasteiger partial charge in [0.1, 0.15) is 5.69 Å². The van der Waals surface area contributed by atoms with E-state index in [1.807, 2.05) is 0 Å². The number of carbonyl (C=O) groups is 1. The Hall–Kier alpha value is -3.29. The predicted molar refractivity (Wildman–Crippen MR) is 99.6 cm³/mol. The summed E-state index contributed by atoms with van der Waals surface area (Å²) in [5.41, 5.74) is 1.19. The number of likely N-dealkylation sites (tertiary alicyclic amines) is 1. The van der Waals surface area contributed by atoms with Crippen LogP contribution in [0.25, 0.3) is 0 Å². The number of rotatable bonds is 4. The summed E-state index contributed by atoms with van der Waals surface area (Å²) in [5, 5.41) is 4.07. The molecule has 0 unspecified atom stereocenters. The second-order valence-electron chi connectivity index (χ2n) is 6.77. The van der Waals surface area contributed by atoms with Crippen LogP contribution in [0.1, 0.15) is 34.8 Å². The van der Waals surface area contributed by atoms with Crippen molar-refractivity contribution in [2.24, 2.45) is 7.05 Å². The Morgan fingerprint density at radius 1 is 1.25 bits per heavy atom. The van der Waals surface area contributed by atoms with Gasteiger partial charge in [-0.15, -0.1) is 0 Å². The van der Waals surface area contributed by atoms with Crippen molar-refractivity contribution in [3.63, 3.8) is 0 Å². The molecule has 28 heavy (non-hydrogen) atoms. The Morgan fingerprint density at radius 3 is 2.86 bits per heavy atom. The third kappa shape index (κ3) is 3.71. The summed E-state index contributed by atoms with van der Waals surface area (Å²) in [7, 11) is 1.78. The largest absolute Gasteiger partial charge is 0.434 e. The number of amides is 1. The van der Waals surface area contributed by atoms with Crippen LogP contribution in [-0.4, -0.2) is 43.6 Å². The number of aromatic nitrogens is 4. The maximum absolute atomic E-state index is 14.0. The van der Waals surface area contributed by atoms with E-state index in [4.69, 9.17) is 4.74 Å². The van der Waals surface area contributed by atoms with E-state index < -0.39 is 5.82 Å². The standard InChI is InChI=1S/C20H20FN5O2/c1-25-12-15(11-24-25)20(27)26-10-4-5-14(13-26)18-19(23-9-8-22-18)28-17-7-3-2-6-16(17)21/h2-3,6-9,11-12,14H,4-5,10,13H2,1H3/t14-/m0/s1. The number of hydrogen-bond acceptors (Lipinski definition) is 5. The van der Waals surface area contributed by atoms with E-state index >= 15 is 0 Å². The van der Waals surface area contributed by atoms with Crippen molar-refractivity contribution in [3.8, 4) is 11.6 Å². The molecule has 1 aliphatic rings. The first kappa shape index (κ1) is 18.1. The zero-order chi connectivity index (χ0) is 19.5. The van der Waals surface area contributed by atoms with Crippen LogP contribution in [0.3, 0.4) is 0 Å². The number of benzene rings is 1. The van der Waals surface area contributed by atoms with Crippen LogP contribution in [0, 0.1) is 5.82 Å². The van der Waals surface area contributed by atoms with Gasteiger partial charge >= 0.3 is 0 Å². The van der Waals surface area contributed by atoms with Crippen LogP contribution in [-0.2, 0) is 7.05 Å². The number of para-hydroxylation sites is 1. The molecule has 7 nitrogen and oxygen atoms in total. The van der Waals surface area contributed by atoms with Gasteiger partial charge in [-0.25, -0.2) is 9.37 Å². The number of carbonyl (C=O) groups excluding carboxylic acids is 1. The van der Waals surface area contributed by atoms with E-state index in [2.05, 4.69) is 15.1 Å². The zero-order valence-corrected chi connectivity index (χ0v) is 15.5. The molecule has 0 spiro atoms. The molecule has 3 aromatic rings. The summed E-state index contributed by atoms with van der Waals surface area (Å²) in [6, 6.07) is 6.18. The molecule has 3 heterocycles. The molecule has 1 aromatic carbocycles. The highest BCUT2D eigenvalue weighted by molar-refractivity contribution is 5.93. The van der Waals surface area contributed by atoms with Crippen molar-refractivity contribution in [2.45, 2.75) is 18.8 Å². The van der Waals surface area contributed by atoms with E-state index in [9.17, 15) is 9.18 Å². The van der Waals surface area contributed by atoms with Gasteiger partial charge < -0.3 is 9.64 Å². The fourth-order valence-corrected chi connectivity index (χ4v) is 3.43. The van der Waals surface area contributed by atoms with Gasteiger partial charge in [-0.1, -0.05) is 12.1 Å². The Morgan fingerprint density at radius 2 is 2.07 bits per heavy atom. The lowest BCUT2D eigenvalue weighted by Crippen LogP contribution is -2.39. The van der Waals surface area contributed by atoms with E-state index in [1.54, 1.807) is 53.4 Å². The quantitative estimate of drug-likeness (QED) is 0.694. The van der Waals surface area contributed by atoms with Gasteiger partial charge in [0, 0.05) is 44.6 Å². The molecule has 4 rings (SSSR count). The molecule has 1 aliphatic heterocycles. The monoisotopic (exact) mass is 381 g/mol. The number of ether oxygens (including phenoxy) is 1. The number of hydrogen-bond donors (Lipinski definition) is 0. The smallest absolute Gasteiger partial charge is 0.257 e. The summed E-state index contributed by atoms with van der Waals surface area (Å²) in [6.45, 7) is 1.17. The van der Waals surface area contributed by atoms with Crippen molar-refractivity contribution < 1.29 is 13.9 Å². The molecule has 0 radical (unpaired) electrons. The molecule has 1 amide bonds. The molecule has 0 bridgehead atoms. The van der Waals surface area contributed by atoms with Crippen molar-refractivity contribution in [2.75, 3.05) is 13.1 Å². The SMILES string of the molecule is Cn1cc(C(=O)N2CCC[C@H](c3nccnc3Oc3ccccc3F)C2)cn1. The molecule has 2 aromatic heterocycles. The Kier molecular flexibility index (Phi) is 5.01. The van der Waals surface area contributed by atoms with Gasteiger partial charge in [-0.2, -0.15) is 5.10 Å². The minimum atomic E-state index is -0.462. The van der Waals surface area contributed by atoms with Crippen molar-refractivity contribution in [3.05, 3.63) is 66.1 Å². The average molecular weight is 381 g/mol. The number of piperidine rings is 1. The van der Waals surface area contributed by atoms with E-state index in [0.717, 1.165) is 12.8 Å². The minimum Gasteiger partial charge on any atom is -0.434 e. The first-order valence-electron chi connectivity index (χ1n) is 9.13. The van der Waals surface area contributed by atoms with Gasteiger partial charge in [-0.05, 0) is 25.0 Å². The summed E-state index contributed by atoms with van der Waals surface area (Å²) in [4.78, 5) is 23.3. The number of nitrogens with zero attached hydrogens (tertiary/aromatic N) is 5. The fraction of sp³-hybridized carbons (Fsp3) is 0.300. The Bertz CT molecular complexity index is 990. The predicted octanol–water partition coefficient (Wildman–Crippen LogP) is 3.16. The van der Waals surface area contributed by atoms with Crippen LogP contribution in [0.2, 0.25) is 0 Å². The van der Waals surface area contributed by atoms with E-state index in [0.29, 0.717) is 24.3 Å². The van der Waals surface area contributed by atoms with Crippen molar-refractivity contribution in [1.29, 1.82) is 0 Å². The van der Waals surface area contributed by atoms with Gasteiger partial charge in [0.05, 0.1) is 11.8 Å². The molecule has 8 heteroatoms. The lowest BCUT2D eigenvalue weighted by Gasteiger charge is -2.32. The summed E-state index contributed by atoms with van der Waals surface area (Å²) < 4.78 is 21.3. The molecular formula is C20H20FN5O2. The van der Waals surface area contributed by atoms with E-state index in [1.165, 1.54) is 12.3 Å². The van der Waals surface area contributed by atoms with Gasteiger partial charge in [0.25, 0.3) is 5.91 Å². The number of aryl methyl sites for hydroxylation is 1. The van der Waals surface area contributed by atoms with Crippen LogP contribution >= 0.6 is 0 Å². The number of halogens is 1. The highest BCUT2D eigenvalue weighted by Crippen LogP contribution is 2.33. The third-order valence-corrected chi connectivity index (χ3v) is 4.78. The van der Waals surface area contributed by atoms with Crippen LogP contribution in [0.4, 0.5) is 4.39 Å². The fourth-order valence-electron chi connectivity index (χ4n) is 3.43. The molecule has 0 N–H and O–H groups in total. The highest BCUT2D eigenvalue weighted by atomic mass is 19.1. The van der Waals surface area contributed by atoms with Gasteiger partial charge in [0.2, 0.25) is 5.88 Å². The van der Waals surface area contributed by atoms with Crippen LogP contribution in [0.5, 0.6) is 11.6 Å². The maximum Gasteiger partial charge on any atom is 0.257 e. The topological polar surface area (TPSA) is 73.1 Å². The molecule has 1 saturated heterocycles. The van der Waals surface area contributed by atoms with E-state index in [-0.39, 0.29) is 23.5 Å². The second-order valence-corrected chi connectivity index (χ2v) is 6.77. The summed E-state index contributed by atoms with van der Waals surface area (Å²) in [6.07, 6.45) is 8.07. The maximum atomic E-state index is 14.0. The summed E-state index contributed by atoms with van der Waals surface area (Å²) >= 11 is 0. The molecule has 144 valence electrons. The van der Waals surface area contributed by atoms with Crippen molar-refractivity contribution >= 4 is 5.91 Å². The van der Waals surface area contributed by atoms with Gasteiger partial charge in [-0.3, -0.25) is 14.5 Å². The normalized spacial score (nSPS) is 16.8. The molecule has 1 fully saturated rings. The second kappa shape index (κ2) is 7.75. The zero-order valence-electron chi connectivity index (χ0n) is 15.5. The minimum absolute atomic E-state index is 0.0372. The van der Waals surface area contributed by atoms with Gasteiger partial charge in [0.15, 0.2) is 11.6 Å². The first-order valence-corrected chi connectivity index (χ1v) is 9.13. The molecule has 0 aliphatic carbocycles. The lowest BCUT2D eigenvalue weighted by atomic mass is 9.94. The summed E-state index contributed by atoms with van der Waals surface area (Å²) in [5.74, 6) is -0.184. The molecule has 1 atom stereocenters. The highest BCUT2D eigenvalue weighted by Gasteiger charge is 2.29. The average Bonchev–Trinajstić information content (AvgIpc) is 3.16. The Labute approximate surface area is 161 Å². The van der Waals surface area contributed by atoms with Crippen LogP contribution in [0.15, 0.2) is 49.1 Å². The van der Waals surface area contributed by atoms with Crippen LogP contribution < -0.4 is 4.74 Å².